The summed E-state index contributed by atoms with van der Waals surface area (Å²) in [5.41, 5.74) is 1.31. The lowest BCUT2D eigenvalue weighted by molar-refractivity contribution is -0.132. The van der Waals surface area contributed by atoms with Crippen LogP contribution < -0.4 is 5.32 Å². The number of hydrogen-bond donors (Lipinski definition) is 1. The Morgan fingerprint density at radius 3 is 2.32 bits per heavy atom. The number of likely N-dealkylation sites (N-methyl/N-ethyl adjacent to an activating group) is 1. The van der Waals surface area contributed by atoms with E-state index in [2.05, 4.69) is 32.2 Å². The molecule has 19 heavy (non-hydrogen) atoms. The number of aryl methyl sites for hydroxylation is 2. The predicted molar refractivity (Wildman–Crippen MR) is 82.7 cm³/mol. The van der Waals surface area contributed by atoms with E-state index in [0.717, 1.165) is 13.1 Å². The van der Waals surface area contributed by atoms with Crippen molar-refractivity contribution < 1.29 is 4.79 Å². The van der Waals surface area contributed by atoms with Crippen molar-refractivity contribution in [2.24, 2.45) is 0 Å². The van der Waals surface area contributed by atoms with Crippen molar-refractivity contribution in [2.75, 3.05) is 13.1 Å². The Balaban J connectivity index is 2.68. The predicted octanol–water partition coefficient (Wildman–Crippen LogP) is 3.27. The average Bonchev–Trinajstić information content (AvgIpc) is 2.69. The van der Waals surface area contributed by atoms with E-state index in [-0.39, 0.29) is 18.0 Å². The quantitative estimate of drug-likeness (QED) is 0.868. The maximum absolute atomic E-state index is 12.2. The third-order valence-electron chi connectivity index (χ3n) is 3.49. The van der Waals surface area contributed by atoms with Gasteiger partial charge in [0, 0.05) is 28.9 Å². The monoisotopic (exact) mass is 282 g/mol. The van der Waals surface area contributed by atoms with Gasteiger partial charge < -0.3 is 4.90 Å². The molecule has 0 bridgehead atoms. The normalized spacial score (nSPS) is 14.2. The van der Waals surface area contributed by atoms with Crippen molar-refractivity contribution in [3.8, 4) is 0 Å². The van der Waals surface area contributed by atoms with Crippen molar-refractivity contribution in [3.05, 3.63) is 21.4 Å². The van der Waals surface area contributed by atoms with Crippen LogP contribution in [-0.4, -0.2) is 29.9 Å². The molecule has 0 saturated heterocycles. The van der Waals surface area contributed by atoms with Gasteiger partial charge in [-0.2, -0.15) is 0 Å². The maximum atomic E-state index is 12.2. The minimum Gasteiger partial charge on any atom is -0.342 e. The van der Waals surface area contributed by atoms with Crippen LogP contribution in [0.4, 0.5) is 0 Å². The maximum Gasteiger partial charge on any atom is 0.239 e. The van der Waals surface area contributed by atoms with Crippen molar-refractivity contribution >= 4 is 17.2 Å². The van der Waals surface area contributed by atoms with Crippen LogP contribution in [0.3, 0.4) is 0 Å². The van der Waals surface area contributed by atoms with E-state index in [0.29, 0.717) is 0 Å². The number of hydrogen-bond acceptors (Lipinski definition) is 3. The van der Waals surface area contributed by atoms with Gasteiger partial charge >= 0.3 is 0 Å². The van der Waals surface area contributed by atoms with Crippen molar-refractivity contribution in [3.63, 3.8) is 0 Å². The smallest absolute Gasteiger partial charge is 0.239 e. The Hall–Kier alpha value is -0.870. The summed E-state index contributed by atoms with van der Waals surface area (Å²) in [6, 6.07) is 2.28. The van der Waals surface area contributed by atoms with Crippen LogP contribution in [0.2, 0.25) is 0 Å². The van der Waals surface area contributed by atoms with Gasteiger partial charge in [-0.1, -0.05) is 0 Å². The second-order valence-corrected chi connectivity index (χ2v) is 6.45. The van der Waals surface area contributed by atoms with E-state index >= 15 is 0 Å². The van der Waals surface area contributed by atoms with E-state index in [1.165, 1.54) is 15.3 Å². The van der Waals surface area contributed by atoms with Crippen LogP contribution in [0, 0.1) is 13.8 Å². The summed E-state index contributed by atoms with van der Waals surface area (Å²) in [6.07, 6.45) is 0. The molecule has 0 aliphatic rings. The lowest BCUT2D eigenvalue weighted by atomic mass is 10.1. The van der Waals surface area contributed by atoms with Gasteiger partial charge in [0.25, 0.3) is 0 Å². The third kappa shape index (κ3) is 4.05. The number of carbonyl (C=O) groups excluding carboxylic acids is 1. The topological polar surface area (TPSA) is 32.3 Å². The summed E-state index contributed by atoms with van der Waals surface area (Å²) >= 11 is 1.81. The van der Waals surface area contributed by atoms with E-state index < -0.39 is 0 Å². The van der Waals surface area contributed by atoms with Crippen LogP contribution in [0.15, 0.2) is 6.07 Å². The molecule has 0 aliphatic heterocycles. The van der Waals surface area contributed by atoms with Crippen molar-refractivity contribution in [1.82, 2.24) is 10.2 Å². The summed E-state index contributed by atoms with van der Waals surface area (Å²) in [4.78, 5) is 16.8. The van der Waals surface area contributed by atoms with E-state index in [1.54, 1.807) is 0 Å². The Kier molecular flexibility index (Phi) is 6.01. The lowest BCUT2D eigenvalue weighted by Crippen LogP contribution is -2.45. The molecule has 4 heteroatoms. The van der Waals surface area contributed by atoms with Crippen LogP contribution >= 0.6 is 11.3 Å². The molecule has 1 aromatic rings. The molecule has 2 atom stereocenters. The highest BCUT2D eigenvalue weighted by atomic mass is 32.1. The number of rotatable bonds is 6. The summed E-state index contributed by atoms with van der Waals surface area (Å²) in [5.74, 6) is 0.182. The molecular weight excluding hydrogens is 256 g/mol. The number of nitrogens with one attached hydrogen (secondary N) is 1. The van der Waals surface area contributed by atoms with Crippen LogP contribution in [0.1, 0.15) is 49.1 Å². The van der Waals surface area contributed by atoms with Crippen LogP contribution in [0.5, 0.6) is 0 Å². The zero-order valence-corrected chi connectivity index (χ0v) is 13.7. The van der Waals surface area contributed by atoms with Gasteiger partial charge in [0.1, 0.15) is 0 Å². The molecule has 108 valence electrons. The first kappa shape index (κ1) is 16.2. The first-order valence-corrected chi connectivity index (χ1v) is 7.84. The van der Waals surface area contributed by atoms with Crippen LogP contribution in [0.25, 0.3) is 0 Å². The standard InChI is InChI=1S/C15H26N2OS/c1-7-17(8-2)15(18)12(5)16-11(4)14-9-10(3)19-13(14)6/h9,11-12,16H,7-8H2,1-6H3. The Labute approximate surface area is 121 Å². The Morgan fingerprint density at radius 1 is 1.32 bits per heavy atom. The van der Waals surface area contributed by atoms with E-state index in [9.17, 15) is 4.79 Å². The summed E-state index contributed by atoms with van der Waals surface area (Å²) in [7, 11) is 0. The SMILES string of the molecule is CCN(CC)C(=O)C(C)NC(C)c1cc(C)sc1C. The fraction of sp³-hybridized carbons (Fsp3) is 0.667. The lowest BCUT2D eigenvalue weighted by Gasteiger charge is -2.26. The van der Waals surface area contributed by atoms with Gasteiger partial charge in [0.05, 0.1) is 6.04 Å². The Bertz CT molecular complexity index is 424. The zero-order valence-electron chi connectivity index (χ0n) is 12.9. The molecule has 0 saturated carbocycles. The van der Waals surface area contributed by atoms with E-state index in [4.69, 9.17) is 0 Å². The van der Waals surface area contributed by atoms with Crippen molar-refractivity contribution in [2.45, 2.75) is 53.6 Å². The molecule has 0 aliphatic carbocycles. The highest BCUT2D eigenvalue weighted by Crippen LogP contribution is 2.26. The van der Waals surface area contributed by atoms with Gasteiger partial charge in [0.2, 0.25) is 5.91 Å². The van der Waals surface area contributed by atoms with Crippen molar-refractivity contribution in [1.29, 1.82) is 0 Å². The second kappa shape index (κ2) is 7.06. The summed E-state index contributed by atoms with van der Waals surface area (Å²) in [5, 5.41) is 3.41. The molecule has 0 aromatic carbocycles. The molecule has 1 N–H and O–H groups in total. The number of carbonyl (C=O) groups is 1. The molecule has 3 nitrogen and oxygen atoms in total. The van der Waals surface area contributed by atoms with Gasteiger partial charge in [-0.3, -0.25) is 10.1 Å². The third-order valence-corrected chi connectivity index (χ3v) is 4.47. The number of thiophene rings is 1. The molecule has 1 amide bonds. The minimum atomic E-state index is -0.144. The van der Waals surface area contributed by atoms with Gasteiger partial charge in [-0.15, -0.1) is 11.3 Å². The zero-order chi connectivity index (χ0) is 14.6. The fourth-order valence-corrected chi connectivity index (χ4v) is 3.45. The molecule has 1 rings (SSSR count). The molecule has 0 radical (unpaired) electrons. The molecule has 1 aromatic heterocycles. The van der Waals surface area contributed by atoms with Gasteiger partial charge in [-0.25, -0.2) is 0 Å². The molecule has 2 unspecified atom stereocenters. The first-order valence-electron chi connectivity index (χ1n) is 7.02. The average molecular weight is 282 g/mol. The minimum absolute atomic E-state index is 0.144. The van der Waals surface area contributed by atoms with Crippen LogP contribution in [-0.2, 0) is 4.79 Å². The Morgan fingerprint density at radius 2 is 1.89 bits per heavy atom. The largest absolute Gasteiger partial charge is 0.342 e. The first-order chi connectivity index (χ1) is 8.90. The molecule has 0 spiro atoms. The number of amides is 1. The fourth-order valence-electron chi connectivity index (χ4n) is 2.43. The molecule has 0 fully saturated rings. The number of nitrogens with zero attached hydrogens (tertiary/aromatic N) is 1. The van der Waals surface area contributed by atoms with E-state index in [1.807, 2.05) is 37.0 Å². The highest BCUT2D eigenvalue weighted by molar-refractivity contribution is 7.12. The second-order valence-electron chi connectivity index (χ2n) is 4.99. The molecule has 1 heterocycles. The van der Waals surface area contributed by atoms with Gasteiger partial charge in [-0.05, 0) is 53.2 Å². The highest BCUT2D eigenvalue weighted by Gasteiger charge is 2.21. The summed E-state index contributed by atoms with van der Waals surface area (Å²) < 4.78 is 0. The summed E-state index contributed by atoms with van der Waals surface area (Å²) in [6.45, 7) is 13.9. The molecular formula is C15H26N2OS. The van der Waals surface area contributed by atoms with Gasteiger partial charge in [0.15, 0.2) is 0 Å².